The van der Waals surface area contributed by atoms with Gasteiger partial charge in [0.15, 0.2) is 0 Å². The number of nitrogens with zero attached hydrogens (tertiary/aromatic N) is 1. The van der Waals surface area contributed by atoms with Gasteiger partial charge in [-0.25, -0.2) is 0 Å². The Balaban J connectivity index is 1.90. The minimum Gasteiger partial charge on any atom is -0.348 e. The molecule has 2 unspecified atom stereocenters. The van der Waals surface area contributed by atoms with E-state index in [0.29, 0.717) is 5.92 Å². The minimum atomic E-state index is -0.0437. The van der Waals surface area contributed by atoms with Crippen molar-refractivity contribution in [2.24, 2.45) is 5.92 Å². The summed E-state index contributed by atoms with van der Waals surface area (Å²) >= 11 is 0. The van der Waals surface area contributed by atoms with E-state index in [0.717, 1.165) is 24.9 Å². The summed E-state index contributed by atoms with van der Waals surface area (Å²) in [5, 5.41) is 6.38. The van der Waals surface area contributed by atoms with E-state index in [1.807, 2.05) is 19.1 Å². The zero-order chi connectivity index (χ0) is 13.7. The summed E-state index contributed by atoms with van der Waals surface area (Å²) in [6, 6.07) is 3.84. The lowest BCUT2D eigenvalue weighted by molar-refractivity contribution is -0.124. The molecule has 1 aliphatic heterocycles. The summed E-state index contributed by atoms with van der Waals surface area (Å²) in [6.07, 6.45) is 6.82. The van der Waals surface area contributed by atoms with Crippen LogP contribution < -0.4 is 10.6 Å². The van der Waals surface area contributed by atoms with Crippen molar-refractivity contribution in [1.29, 1.82) is 0 Å². The molecule has 0 aliphatic carbocycles. The molecule has 0 bridgehead atoms. The molecule has 1 fully saturated rings. The summed E-state index contributed by atoms with van der Waals surface area (Å²) < 4.78 is 0. The third-order valence-corrected chi connectivity index (χ3v) is 3.95. The number of piperidine rings is 1. The Morgan fingerprint density at radius 1 is 1.63 bits per heavy atom. The Hall–Kier alpha value is -1.42. The van der Waals surface area contributed by atoms with Gasteiger partial charge in [-0.1, -0.05) is 19.4 Å². The van der Waals surface area contributed by atoms with E-state index >= 15 is 0 Å². The Kier molecular flexibility index (Phi) is 4.91. The molecule has 2 heterocycles. The van der Waals surface area contributed by atoms with E-state index in [1.165, 1.54) is 6.42 Å². The van der Waals surface area contributed by atoms with Crippen molar-refractivity contribution in [2.75, 3.05) is 6.54 Å². The molecular formula is C15H23N3O. The zero-order valence-corrected chi connectivity index (χ0v) is 11.7. The molecule has 104 valence electrons. The van der Waals surface area contributed by atoms with E-state index < -0.39 is 0 Å². The van der Waals surface area contributed by atoms with Crippen LogP contribution in [0, 0.1) is 5.92 Å². The highest BCUT2D eigenvalue weighted by Gasteiger charge is 2.26. The van der Waals surface area contributed by atoms with Crippen LogP contribution in [0.15, 0.2) is 24.5 Å². The molecule has 2 rings (SSSR count). The van der Waals surface area contributed by atoms with E-state index in [4.69, 9.17) is 0 Å². The van der Waals surface area contributed by atoms with E-state index in [-0.39, 0.29) is 18.0 Å². The van der Waals surface area contributed by atoms with Crippen LogP contribution in [0.5, 0.6) is 0 Å². The van der Waals surface area contributed by atoms with Crippen LogP contribution in [-0.2, 0) is 4.79 Å². The normalized spacial score (nSPS) is 24.7. The maximum atomic E-state index is 12.2. The first-order valence-corrected chi connectivity index (χ1v) is 7.14. The molecule has 1 aromatic rings. The average Bonchev–Trinajstić information content (AvgIpc) is 2.48. The summed E-state index contributed by atoms with van der Waals surface area (Å²) in [6.45, 7) is 5.14. The second-order valence-electron chi connectivity index (χ2n) is 5.32. The van der Waals surface area contributed by atoms with Crippen LogP contribution in [0.2, 0.25) is 0 Å². The van der Waals surface area contributed by atoms with Gasteiger partial charge >= 0.3 is 0 Å². The topological polar surface area (TPSA) is 54.0 Å². The lowest BCUT2D eigenvalue weighted by atomic mass is 9.90. The summed E-state index contributed by atoms with van der Waals surface area (Å²) in [5.41, 5.74) is 1.04. The first kappa shape index (κ1) is 14.0. The molecule has 1 saturated heterocycles. The molecule has 0 saturated carbocycles. The van der Waals surface area contributed by atoms with Gasteiger partial charge in [0.25, 0.3) is 0 Å². The monoisotopic (exact) mass is 261 g/mol. The van der Waals surface area contributed by atoms with Crippen molar-refractivity contribution in [3.05, 3.63) is 30.1 Å². The smallest absolute Gasteiger partial charge is 0.237 e. The van der Waals surface area contributed by atoms with E-state index in [2.05, 4.69) is 22.5 Å². The van der Waals surface area contributed by atoms with Gasteiger partial charge in [0.2, 0.25) is 5.91 Å². The average molecular weight is 261 g/mol. The van der Waals surface area contributed by atoms with Gasteiger partial charge in [0.05, 0.1) is 12.1 Å². The molecule has 4 nitrogen and oxygen atoms in total. The number of carbonyl (C=O) groups is 1. The number of hydrogen-bond donors (Lipinski definition) is 2. The van der Waals surface area contributed by atoms with Gasteiger partial charge in [-0.15, -0.1) is 0 Å². The Morgan fingerprint density at radius 2 is 2.47 bits per heavy atom. The van der Waals surface area contributed by atoms with Crippen molar-refractivity contribution in [3.8, 4) is 0 Å². The van der Waals surface area contributed by atoms with Crippen LogP contribution in [0.4, 0.5) is 0 Å². The number of carbonyl (C=O) groups excluding carboxylic acids is 1. The fourth-order valence-electron chi connectivity index (χ4n) is 2.60. The molecule has 0 radical (unpaired) electrons. The van der Waals surface area contributed by atoms with Crippen LogP contribution in [0.1, 0.15) is 44.7 Å². The molecule has 1 amide bonds. The number of pyridine rings is 1. The van der Waals surface area contributed by atoms with Crippen molar-refractivity contribution >= 4 is 5.91 Å². The second-order valence-corrected chi connectivity index (χ2v) is 5.32. The number of nitrogens with one attached hydrogen (secondary N) is 2. The lowest BCUT2D eigenvalue weighted by Gasteiger charge is -2.29. The fraction of sp³-hybridized carbons (Fsp3) is 0.600. The maximum Gasteiger partial charge on any atom is 0.237 e. The standard InChI is InChI=1S/C15H23N3O/c1-3-12-6-8-17-14(9-12)15(19)18-11(2)13-5-4-7-16-10-13/h4-5,7,10-12,14,17H,3,6,8-9H2,1-2H3,(H,18,19)/t11-,12?,14?/m1/s1. The third kappa shape index (κ3) is 3.77. The van der Waals surface area contributed by atoms with Gasteiger partial charge in [-0.3, -0.25) is 9.78 Å². The SMILES string of the molecule is CCC1CCNC(C(=O)N[C@H](C)c2cccnc2)C1. The molecule has 3 atom stereocenters. The first-order chi connectivity index (χ1) is 9.20. The molecule has 1 aliphatic rings. The number of rotatable bonds is 4. The Morgan fingerprint density at radius 3 is 3.16 bits per heavy atom. The number of aromatic nitrogens is 1. The molecule has 0 aromatic carbocycles. The molecular weight excluding hydrogens is 238 g/mol. The van der Waals surface area contributed by atoms with Crippen LogP contribution >= 0.6 is 0 Å². The quantitative estimate of drug-likeness (QED) is 0.872. The maximum absolute atomic E-state index is 12.2. The van der Waals surface area contributed by atoms with Crippen molar-refractivity contribution < 1.29 is 4.79 Å². The predicted octanol–water partition coefficient (Wildman–Crippen LogP) is 2.04. The van der Waals surface area contributed by atoms with Crippen LogP contribution in [-0.4, -0.2) is 23.5 Å². The van der Waals surface area contributed by atoms with Gasteiger partial charge in [-0.05, 0) is 43.9 Å². The number of amides is 1. The Labute approximate surface area is 115 Å². The molecule has 2 N–H and O–H groups in total. The second kappa shape index (κ2) is 6.66. The lowest BCUT2D eigenvalue weighted by Crippen LogP contribution is -2.49. The first-order valence-electron chi connectivity index (χ1n) is 7.14. The van der Waals surface area contributed by atoms with E-state index in [9.17, 15) is 4.79 Å². The molecule has 1 aromatic heterocycles. The largest absolute Gasteiger partial charge is 0.348 e. The zero-order valence-electron chi connectivity index (χ0n) is 11.7. The predicted molar refractivity (Wildman–Crippen MR) is 75.6 cm³/mol. The van der Waals surface area contributed by atoms with Gasteiger partial charge < -0.3 is 10.6 Å². The van der Waals surface area contributed by atoms with Crippen molar-refractivity contribution in [3.63, 3.8) is 0 Å². The molecule has 19 heavy (non-hydrogen) atoms. The van der Waals surface area contributed by atoms with Crippen molar-refractivity contribution in [2.45, 2.75) is 45.2 Å². The fourth-order valence-corrected chi connectivity index (χ4v) is 2.60. The van der Waals surface area contributed by atoms with Crippen molar-refractivity contribution in [1.82, 2.24) is 15.6 Å². The third-order valence-electron chi connectivity index (χ3n) is 3.95. The number of hydrogen-bond acceptors (Lipinski definition) is 3. The molecule has 0 spiro atoms. The highest BCUT2D eigenvalue weighted by atomic mass is 16.2. The van der Waals surface area contributed by atoms with Crippen LogP contribution in [0.3, 0.4) is 0 Å². The molecule has 4 heteroatoms. The highest BCUT2D eigenvalue weighted by Crippen LogP contribution is 2.20. The van der Waals surface area contributed by atoms with Gasteiger partial charge in [0.1, 0.15) is 0 Å². The summed E-state index contributed by atoms with van der Waals surface area (Å²) in [4.78, 5) is 16.3. The minimum absolute atomic E-state index is 0.00463. The van der Waals surface area contributed by atoms with Gasteiger partial charge in [-0.2, -0.15) is 0 Å². The summed E-state index contributed by atoms with van der Waals surface area (Å²) in [7, 11) is 0. The highest BCUT2D eigenvalue weighted by molar-refractivity contribution is 5.82. The summed E-state index contributed by atoms with van der Waals surface area (Å²) in [5.74, 6) is 0.778. The van der Waals surface area contributed by atoms with Gasteiger partial charge in [0, 0.05) is 12.4 Å². The van der Waals surface area contributed by atoms with Crippen LogP contribution in [0.25, 0.3) is 0 Å². The van der Waals surface area contributed by atoms with E-state index in [1.54, 1.807) is 12.4 Å². The Bertz CT molecular complexity index is 407.